The van der Waals surface area contributed by atoms with Crippen molar-refractivity contribution >= 4 is 16.6 Å². The minimum atomic E-state index is -4.44. The summed E-state index contributed by atoms with van der Waals surface area (Å²) in [4.78, 5) is 8.86. The highest BCUT2D eigenvalue weighted by Gasteiger charge is 2.38. The van der Waals surface area contributed by atoms with Gasteiger partial charge in [-0.1, -0.05) is 24.3 Å². The summed E-state index contributed by atoms with van der Waals surface area (Å²) in [6, 6.07) is 10.5. The summed E-state index contributed by atoms with van der Waals surface area (Å²) in [6.07, 6.45) is -2.78. The van der Waals surface area contributed by atoms with Crippen molar-refractivity contribution in [3.8, 4) is 0 Å². The number of aliphatic imine (C=N–C) groups is 1. The smallest absolute Gasteiger partial charge is 0.278 e. The fraction of sp³-hybridized carbons (Fsp3) is 0.238. The van der Waals surface area contributed by atoms with Crippen LogP contribution in [0.25, 0.3) is 10.9 Å². The summed E-state index contributed by atoms with van der Waals surface area (Å²) in [5.41, 5.74) is 0.593. The zero-order chi connectivity index (χ0) is 19.4. The number of alkyl halides is 3. The van der Waals surface area contributed by atoms with E-state index in [1.165, 1.54) is 18.3 Å². The number of hydrogen-bond acceptors (Lipinski definition) is 2. The number of benzene rings is 2. The molecule has 0 radical (unpaired) electrons. The highest BCUT2D eigenvalue weighted by atomic mass is 19.4. The summed E-state index contributed by atoms with van der Waals surface area (Å²) in [5, 5.41) is 0.576. The van der Waals surface area contributed by atoms with E-state index in [0.717, 1.165) is 6.07 Å². The lowest BCUT2D eigenvalue weighted by molar-refractivity contribution is -0.138. The molecule has 3 aromatic rings. The van der Waals surface area contributed by atoms with Gasteiger partial charge in [0.2, 0.25) is 0 Å². The monoisotopic (exact) mass is 372 g/mol. The Morgan fingerprint density at radius 2 is 1.78 bits per heavy atom. The molecule has 27 heavy (non-hydrogen) atoms. The third-order valence-corrected chi connectivity index (χ3v) is 4.70. The Labute approximate surface area is 153 Å². The molecular weight excluding hydrogens is 356 g/mol. The molecule has 1 aliphatic heterocycles. The third-order valence-electron chi connectivity index (χ3n) is 4.70. The van der Waals surface area contributed by atoms with E-state index < -0.39 is 23.1 Å². The van der Waals surface area contributed by atoms with Crippen molar-refractivity contribution in [3.63, 3.8) is 0 Å². The molecule has 0 bridgehead atoms. The van der Waals surface area contributed by atoms with Gasteiger partial charge in [-0.2, -0.15) is 13.2 Å². The summed E-state index contributed by atoms with van der Waals surface area (Å²) in [7, 11) is 0. The predicted molar refractivity (Wildman–Crippen MR) is 96.6 cm³/mol. The molecule has 2 nitrogen and oxygen atoms in total. The second-order valence-corrected chi connectivity index (χ2v) is 7.31. The van der Waals surface area contributed by atoms with Gasteiger partial charge in [0.1, 0.15) is 11.3 Å². The average Bonchev–Trinajstić information content (AvgIpc) is 2.59. The molecule has 0 spiro atoms. The normalized spacial score (nSPS) is 16.1. The molecule has 2 aromatic carbocycles. The number of halogens is 4. The van der Waals surface area contributed by atoms with Crippen LogP contribution in [0.15, 0.2) is 53.7 Å². The van der Waals surface area contributed by atoms with Crippen LogP contribution in [0.4, 0.5) is 17.6 Å². The van der Waals surface area contributed by atoms with Gasteiger partial charge >= 0.3 is 6.18 Å². The number of aromatic nitrogens is 1. The van der Waals surface area contributed by atoms with E-state index in [0.29, 0.717) is 22.2 Å². The van der Waals surface area contributed by atoms with Gasteiger partial charge < -0.3 is 0 Å². The molecule has 0 N–H and O–H groups in total. The van der Waals surface area contributed by atoms with Gasteiger partial charge in [-0.25, -0.2) is 4.39 Å². The summed E-state index contributed by atoms with van der Waals surface area (Å²) >= 11 is 0. The van der Waals surface area contributed by atoms with Crippen molar-refractivity contribution in [2.45, 2.75) is 32.0 Å². The zero-order valence-electron chi connectivity index (χ0n) is 14.7. The summed E-state index contributed by atoms with van der Waals surface area (Å²) in [6.45, 7) is 3.61. The molecule has 0 aliphatic carbocycles. The highest BCUT2D eigenvalue weighted by molar-refractivity contribution is 6.15. The minimum absolute atomic E-state index is 0.192. The fourth-order valence-electron chi connectivity index (χ4n) is 3.57. The number of para-hydroxylation sites is 1. The van der Waals surface area contributed by atoms with Gasteiger partial charge in [0.05, 0.1) is 16.8 Å². The number of hydrogen-bond donors (Lipinski definition) is 0. The van der Waals surface area contributed by atoms with Crippen LogP contribution in [0.3, 0.4) is 0 Å². The van der Waals surface area contributed by atoms with Crippen LogP contribution < -0.4 is 0 Å². The maximum atomic E-state index is 13.9. The number of fused-ring (bicyclic) bond motifs is 2. The van der Waals surface area contributed by atoms with Gasteiger partial charge in [-0.3, -0.25) is 9.98 Å². The predicted octanol–water partition coefficient (Wildman–Crippen LogP) is 5.56. The third kappa shape index (κ3) is 3.09. The van der Waals surface area contributed by atoms with Crippen LogP contribution in [0.1, 0.15) is 36.1 Å². The van der Waals surface area contributed by atoms with E-state index in [1.54, 1.807) is 38.1 Å². The topological polar surface area (TPSA) is 25.2 Å². The standard InChI is InChI=1S/C21H16F4N2/c1-20(2)10-15-14(6-4-7-16(15)21(23,24)25)18(27-20)13-9-12-5-3-8-17(22)19(12)26-11-13/h3-9,11H,10H2,1-2H3. The van der Waals surface area contributed by atoms with Gasteiger partial charge in [0, 0.05) is 22.7 Å². The van der Waals surface area contributed by atoms with Crippen molar-refractivity contribution in [2.75, 3.05) is 0 Å². The van der Waals surface area contributed by atoms with Gasteiger partial charge in [-0.05, 0) is 44.0 Å². The maximum absolute atomic E-state index is 13.9. The van der Waals surface area contributed by atoms with Gasteiger partial charge in [-0.15, -0.1) is 0 Å². The summed E-state index contributed by atoms with van der Waals surface area (Å²) < 4.78 is 54.4. The van der Waals surface area contributed by atoms with Crippen LogP contribution in [-0.2, 0) is 12.6 Å². The van der Waals surface area contributed by atoms with E-state index >= 15 is 0 Å². The van der Waals surface area contributed by atoms with Crippen molar-refractivity contribution in [3.05, 3.63) is 76.7 Å². The quantitative estimate of drug-likeness (QED) is 0.513. The zero-order valence-corrected chi connectivity index (χ0v) is 14.7. The molecule has 4 rings (SSSR count). The molecule has 6 heteroatoms. The Morgan fingerprint density at radius 1 is 1.04 bits per heavy atom. The Bertz CT molecular complexity index is 1080. The SMILES string of the molecule is CC1(C)Cc2c(cccc2C(F)(F)F)C(c2cnc3c(F)cccc3c2)=N1. The molecule has 1 aromatic heterocycles. The maximum Gasteiger partial charge on any atom is 0.416 e. The van der Waals surface area contributed by atoms with E-state index in [2.05, 4.69) is 4.98 Å². The average molecular weight is 372 g/mol. The van der Waals surface area contributed by atoms with E-state index in [1.807, 2.05) is 0 Å². The lowest BCUT2D eigenvalue weighted by Crippen LogP contribution is -2.31. The largest absolute Gasteiger partial charge is 0.416 e. The van der Waals surface area contributed by atoms with E-state index in [4.69, 9.17) is 4.99 Å². The number of rotatable bonds is 1. The van der Waals surface area contributed by atoms with Gasteiger partial charge in [0.15, 0.2) is 0 Å². The Kier molecular flexibility index (Phi) is 3.84. The van der Waals surface area contributed by atoms with Crippen molar-refractivity contribution in [1.29, 1.82) is 0 Å². The van der Waals surface area contributed by atoms with Crippen LogP contribution in [-0.4, -0.2) is 16.2 Å². The lowest BCUT2D eigenvalue weighted by Gasteiger charge is -2.31. The van der Waals surface area contributed by atoms with Crippen molar-refractivity contribution in [1.82, 2.24) is 4.98 Å². The molecule has 0 fully saturated rings. The van der Waals surface area contributed by atoms with Crippen LogP contribution in [0.5, 0.6) is 0 Å². The second kappa shape index (κ2) is 5.87. The van der Waals surface area contributed by atoms with Crippen LogP contribution in [0.2, 0.25) is 0 Å². The molecule has 1 aliphatic rings. The van der Waals surface area contributed by atoms with E-state index in [9.17, 15) is 17.6 Å². The Hall–Kier alpha value is -2.76. The summed E-state index contributed by atoms with van der Waals surface area (Å²) in [5.74, 6) is -0.440. The molecule has 0 unspecified atom stereocenters. The molecule has 0 saturated carbocycles. The van der Waals surface area contributed by atoms with Crippen LogP contribution in [0, 0.1) is 5.82 Å². The first-order chi connectivity index (χ1) is 12.7. The lowest BCUT2D eigenvalue weighted by atomic mass is 9.82. The van der Waals surface area contributed by atoms with Crippen molar-refractivity contribution in [2.24, 2.45) is 4.99 Å². The van der Waals surface area contributed by atoms with Crippen molar-refractivity contribution < 1.29 is 17.6 Å². The van der Waals surface area contributed by atoms with E-state index in [-0.39, 0.29) is 17.5 Å². The molecule has 0 atom stereocenters. The minimum Gasteiger partial charge on any atom is -0.278 e. The molecule has 0 amide bonds. The molecule has 138 valence electrons. The number of nitrogens with zero attached hydrogens (tertiary/aromatic N) is 2. The Morgan fingerprint density at radius 3 is 2.52 bits per heavy atom. The fourth-order valence-corrected chi connectivity index (χ4v) is 3.57. The first-order valence-electron chi connectivity index (χ1n) is 8.50. The molecular formula is C21H16F4N2. The molecule has 2 heterocycles. The first kappa shape index (κ1) is 17.6. The van der Waals surface area contributed by atoms with Crippen LogP contribution >= 0.6 is 0 Å². The van der Waals surface area contributed by atoms with Gasteiger partial charge in [0.25, 0.3) is 0 Å². The molecule has 0 saturated heterocycles. The highest BCUT2D eigenvalue weighted by Crippen LogP contribution is 2.39. The first-order valence-corrected chi connectivity index (χ1v) is 8.50. The second-order valence-electron chi connectivity index (χ2n) is 7.31. The Balaban J connectivity index is 1.95. The number of pyridine rings is 1.